The number of hydrogen-bond acceptors (Lipinski definition) is 7. The lowest BCUT2D eigenvalue weighted by molar-refractivity contribution is 0.0000629. The predicted molar refractivity (Wildman–Crippen MR) is 124 cm³/mol. The van der Waals surface area contributed by atoms with Gasteiger partial charge in [-0.25, -0.2) is 0 Å². The molecule has 1 aromatic carbocycles. The molecule has 3 heterocycles. The molecule has 1 fully saturated rings. The SMILES string of the molecule is CN(CC1(O)CCCN(c2ccnc3ccncc23)C1)C(=O)c1cccc(OCCN)c1. The fourth-order valence-corrected chi connectivity index (χ4v) is 4.33. The number of nitrogens with two attached hydrogens (primary N) is 1. The van der Waals surface area contributed by atoms with Crippen LogP contribution >= 0.6 is 0 Å². The zero-order chi connectivity index (χ0) is 22.6. The van der Waals surface area contributed by atoms with Crippen molar-refractivity contribution in [3.8, 4) is 5.75 Å². The Bertz CT molecular complexity index is 1090. The molecule has 0 spiro atoms. The molecule has 0 aliphatic carbocycles. The number of carbonyl (C=O) groups is 1. The largest absolute Gasteiger partial charge is 0.492 e. The van der Waals surface area contributed by atoms with Crippen molar-refractivity contribution >= 4 is 22.5 Å². The first-order valence-corrected chi connectivity index (χ1v) is 10.8. The van der Waals surface area contributed by atoms with Crippen molar-refractivity contribution in [2.24, 2.45) is 5.73 Å². The molecule has 1 amide bonds. The average molecular weight is 436 g/mol. The number of β-amino-alcohol motifs (C(OH)–C–C–N with tert-alkyl or cyclic N) is 1. The van der Waals surface area contributed by atoms with Crippen LogP contribution in [0.2, 0.25) is 0 Å². The zero-order valence-electron chi connectivity index (χ0n) is 18.3. The van der Waals surface area contributed by atoms with Crippen LogP contribution in [0, 0.1) is 0 Å². The van der Waals surface area contributed by atoms with E-state index >= 15 is 0 Å². The number of benzene rings is 1. The van der Waals surface area contributed by atoms with E-state index in [4.69, 9.17) is 10.5 Å². The number of pyridine rings is 2. The number of fused-ring (bicyclic) bond motifs is 1. The number of piperidine rings is 1. The maximum Gasteiger partial charge on any atom is 0.253 e. The van der Waals surface area contributed by atoms with Gasteiger partial charge < -0.3 is 25.4 Å². The first-order chi connectivity index (χ1) is 15.5. The second-order valence-corrected chi connectivity index (χ2v) is 8.30. The maximum atomic E-state index is 13.0. The van der Waals surface area contributed by atoms with Crippen molar-refractivity contribution in [1.82, 2.24) is 14.9 Å². The molecule has 168 valence electrons. The van der Waals surface area contributed by atoms with Gasteiger partial charge in [-0.05, 0) is 43.2 Å². The van der Waals surface area contributed by atoms with Crippen LogP contribution in [0.3, 0.4) is 0 Å². The van der Waals surface area contributed by atoms with E-state index in [0.29, 0.717) is 37.4 Å². The van der Waals surface area contributed by atoms with Crippen molar-refractivity contribution in [1.29, 1.82) is 0 Å². The zero-order valence-corrected chi connectivity index (χ0v) is 18.3. The molecule has 0 saturated carbocycles. The number of aliphatic hydroxyl groups is 1. The third-order valence-corrected chi connectivity index (χ3v) is 5.76. The van der Waals surface area contributed by atoms with Crippen LogP contribution in [0.25, 0.3) is 10.9 Å². The van der Waals surface area contributed by atoms with E-state index < -0.39 is 5.60 Å². The summed E-state index contributed by atoms with van der Waals surface area (Å²) in [6, 6.07) is 10.9. The van der Waals surface area contributed by atoms with Crippen LogP contribution in [-0.4, -0.2) is 71.3 Å². The molecule has 0 radical (unpaired) electrons. The van der Waals surface area contributed by atoms with Gasteiger partial charge in [0.1, 0.15) is 12.4 Å². The summed E-state index contributed by atoms with van der Waals surface area (Å²) < 4.78 is 5.53. The normalized spacial score (nSPS) is 18.5. The third kappa shape index (κ3) is 4.81. The maximum absolute atomic E-state index is 13.0. The molecule has 1 atom stereocenters. The number of amides is 1. The number of hydrogen-bond donors (Lipinski definition) is 2. The highest BCUT2D eigenvalue weighted by molar-refractivity contribution is 5.94. The van der Waals surface area contributed by atoms with E-state index in [1.807, 2.05) is 12.1 Å². The minimum Gasteiger partial charge on any atom is -0.492 e. The summed E-state index contributed by atoms with van der Waals surface area (Å²) in [6.07, 6.45) is 6.76. The Labute approximate surface area is 187 Å². The minimum atomic E-state index is -1.02. The Kier molecular flexibility index (Phi) is 6.53. The molecule has 2 aromatic heterocycles. The number of aromatic nitrogens is 2. The summed E-state index contributed by atoms with van der Waals surface area (Å²) in [6.45, 7) is 2.29. The van der Waals surface area contributed by atoms with Crippen LogP contribution in [0.5, 0.6) is 5.75 Å². The molecule has 4 rings (SSSR count). The van der Waals surface area contributed by atoms with Gasteiger partial charge in [0.2, 0.25) is 0 Å². The van der Waals surface area contributed by atoms with Crippen LogP contribution in [-0.2, 0) is 0 Å². The molecule has 1 aliphatic rings. The van der Waals surface area contributed by atoms with Crippen molar-refractivity contribution < 1.29 is 14.6 Å². The third-order valence-electron chi connectivity index (χ3n) is 5.76. The van der Waals surface area contributed by atoms with Gasteiger partial charge in [-0.15, -0.1) is 0 Å². The highest BCUT2D eigenvalue weighted by atomic mass is 16.5. The highest BCUT2D eigenvalue weighted by Gasteiger charge is 2.36. The van der Waals surface area contributed by atoms with E-state index in [1.54, 1.807) is 54.8 Å². The fourth-order valence-electron chi connectivity index (χ4n) is 4.33. The van der Waals surface area contributed by atoms with Crippen molar-refractivity contribution in [2.75, 3.05) is 44.7 Å². The van der Waals surface area contributed by atoms with Crippen LogP contribution in [0.15, 0.2) is 55.0 Å². The van der Waals surface area contributed by atoms with E-state index in [2.05, 4.69) is 14.9 Å². The van der Waals surface area contributed by atoms with Gasteiger partial charge in [-0.1, -0.05) is 6.07 Å². The van der Waals surface area contributed by atoms with E-state index in [9.17, 15) is 9.90 Å². The van der Waals surface area contributed by atoms with Gasteiger partial charge >= 0.3 is 0 Å². The standard InChI is InChI=1S/C24H29N5O3/c1-28(23(30)18-4-2-5-19(14-18)32-13-9-25)16-24(31)8-3-12-29(17-24)22-7-11-27-21-6-10-26-15-20(21)22/h2,4-7,10-11,14-15,31H,3,8-9,12-13,16-17,25H2,1H3. The van der Waals surface area contributed by atoms with Crippen molar-refractivity contribution in [3.63, 3.8) is 0 Å². The Hall–Kier alpha value is -3.23. The van der Waals surface area contributed by atoms with Gasteiger partial charge in [0.15, 0.2) is 0 Å². The Morgan fingerprint density at radius 1 is 1.31 bits per heavy atom. The van der Waals surface area contributed by atoms with Crippen molar-refractivity contribution in [3.05, 3.63) is 60.6 Å². The fraction of sp³-hybridized carbons (Fsp3) is 0.375. The van der Waals surface area contributed by atoms with E-state index in [1.165, 1.54) is 0 Å². The molecule has 8 heteroatoms. The smallest absolute Gasteiger partial charge is 0.253 e. The van der Waals surface area contributed by atoms with Gasteiger partial charge in [-0.2, -0.15) is 0 Å². The monoisotopic (exact) mass is 435 g/mol. The Balaban J connectivity index is 1.48. The number of carbonyl (C=O) groups excluding carboxylic acids is 1. The summed E-state index contributed by atoms with van der Waals surface area (Å²) in [5, 5.41) is 12.4. The molecule has 1 saturated heterocycles. The Morgan fingerprint density at radius 2 is 2.19 bits per heavy atom. The Morgan fingerprint density at radius 3 is 3.03 bits per heavy atom. The molecule has 0 bridgehead atoms. The molecule has 32 heavy (non-hydrogen) atoms. The lowest BCUT2D eigenvalue weighted by Crippen LogP contribution is -2.54. The topological polar surface area (TPSA) is 105 Å². The number of anilines is 1. The van der Waals surface area contributed by atoms with Crippen LogP contribution in [0.4, 0.5) is 5.69 Å². The number of ether oxygens (including phenoxy) is 1. The number of likely N-dealkylation sites (N-methyl/N-ethyl adjacent to an activating group) is 1. The summed E-state index contributed by atoms with van der Waals surface area (Å²) in [7, 11) is 1.72. The van der Waals surface area contributed by atoms with E-state index in [-0.39, 0.29) is 12.5 Å². The number of rotatable bonds is 7. The molecule has 1 unspecified atom stereocenters. The summed E-state index contributed by atoms with van der Waals surface area (Å²) >= 11 is 0. The molecular formula is C24H29N5O3. The molecular weight excluding hydrogens is 406 g/mol. The first kappa shape index (κ1) is 22.0. The second-order valence-electron chi connectivity index (χ2n) is 8.30. The summed E-state index contributed by atoms with van der Waals surface area (Å²) in [5.74, 6) is 0.447. The van der Waals surface area contributed by atoms with Crippen molar-refractivity contribution in [2.45, 2.75) is 18.4 Å². The molecule has 1 aliphatic heterocycles. The van der Waals surface area contributed by atoms with Crippen LogP contribution in [0.1, 0.15) is 23.2 Å². The average Bonchev–Trinajstić information content (AvgIpc) is 2.81. The lowest BCUT2D eigenvalue weighted by atomic mass is 9.91. The lowest BCUT2D eigenvalue weighted by Gasteiger charge is -2.42. The highest BCUT2D eigenvalue weighted by Crippen LogP contribution is 2.31. The van der Waals surface area contributed by atoms with Gasteiger partial charge in [0.25, 0.3) is 5.91 Å². The second kappa shape index (κ2) is 9.50. The van der Waals surface area contributed by atoms with Gasteiger partial charge in [0.05, 0.1) is 17.7 Å². The molecule has 8 nitrogen and oxygen atoms in total. The minimum absolute atomic E-state index is 0.160. The summed E-state index contributed by atoms with van der Waals surface area (Å²) in [5.41, 5.74) is 6.86. The van der Waals surface area contributed by atoms with E-state index in [0.717, 1.165) is 29.6 Å². The molecule has 3 aromatic rings. The first-order valence-electron chi connectivity index (χ1n) is 10.8. The van der Waals surface area contributed by atoms with Gasteiger partial charge in [0, 0.05) is 61.9 Å². The summed E-state index contributed by atoms with van der Waals surface area (Å²) in [4.78, 5) is 25.4. The quantitative estimate of drug-likeness (QED) is 0.585. The van der Waals surface area contributed by atoms with Gasteiger partial charge in [-0.3, -0.25) is 14.8 Å². The predicted octanol–water partition coefficient (Wildman–Crippen LogP) is 2.07. The molecule has 3 N–H and O–H groups in total. The number of nitrogens with zero attached hydrogens (tertiary/aromatic N) is 4. The van der Waals surface area contributed by atoms with Crippen LogP contribution < -0.4 is 15.4 Å².